The number of halogens is 1. The third-order valence-corrected chi connectivity index (χ3v) is 4.20. The zero-order chi connectivity index (χ0) is 13.5. The lowest BCUT2D eigenvalue weighted by Gasteiger charge is -2.35. The minimum Gasteiger partial charge on any atom is -0.321 e. The van der Waals surface area contributed by atoms with Crippen molar-refractivity contribution in [3.8, 4) is 0 Å². The molecule has 2 aromatic carbocycles. The first-order chi connectivity index (χ1) is 9.08. The average molecular weight is 255 g/mol. The van der Waals surface area contributed by atoms with E-state index in [1.54, 1.807) is 6.92 Å². The summed E-state index contributed by atoms with van der Waals surface area (Å²) in [6.45, 7) is 1.79. The van der Waals surface area contributed by atoms with Gasteiger partial charge >= 0.3 is 0 Å². The largest absolute Gasteiger partial charge is 0.321 e. The van der Waals surface area contributed by atoms with E-state index in [1.165, 1.54) is 17.2 Å². The van der Waals surface area contributed by atoms with E-state index in [-0.39, 0.29) is 11.4 Å². The summed E-state index contributed by atoms with van der Waals surface area (Å²) in [6, 6.07) is 13.7. The molecule has 0 aliphatic heterocycles. The van der Waals surface area contributed by atoms with Gasteiger partial charge in [-0.25, -0.2) is 4.39 Å². The van der Waals surface area contributed by atoms with Crippen molar-refractivity contribution in [1.29, 1.82) is 0 Å². The molecule has 0 radical (unpaired) electrons. The van der Waals surface area contributed by atoms with E-state index in [4.69, 9.17) is 5.73 Å². The molecular formula is C17H18FN. The van der Waals surface area contributed by atoms with Gasteiger partial charge in [-0.15, -0.1) is 0 Å². The summed E-state index contributed by atoms with van der Waals surface area (Å²) in [5, 5.41) is 0. The first kappa shape index (κ1) is 12.4. The van der Waals surface area contributed by atoms with E-state index in [9.17, 15) is 4.39 Å². The van der Waals surface area contributed by atoms with E-state index in [2.05, 4.69) is 24.3 Å². The van der Waals surface area contributed by atoms with Crippen LogP contribution in [0.1, 0.15) is 28.7 Å². The van der Waals surface area contributed by atoms with Crippen molar-refractivity contribution in [2.45, 2.75) is 31.7 Å². The molecule has 0 bridgehead atoms. The van der Waals surface area contributed by atoms with Gasteiger partial charge in [0.1, 0.15) is 5.82 Å². The highest BCUT2D eigenvalue weighted by Gasteiger charge is 2.32. The van der Waals surface area contributed by atoms with Crippen LogP contribution in [0.2, 0.25) is 0 Å². The number of aryl methyl sites for hydroxylation is 2. The second-order valence-electron chi connectivity index (χ2n) is 5.57. The molecule has 0 heterocycles. The van der Waals surface area contributed by atoms with Crippen LogP contribution >= 0.6 is 0 Å². The van der Waals surface area contributed by atoms with Gasteiger partial charge in [-0.3, -0.25) is 0 Å². The smallest absolute Gasteiger partial charge is 0.126 e. The van der Waals surface area contributed by atoms with Crippen LogP contribution in [0.3, 0.4) is 0 Å². The molecule has 19 heavy (non-hydrogen) atoms. The van der Waals surface area contributed by atoms with Gasteiger partial charge in [-0.1, -0.05) is 36.4 Å². The summed E-state index contributed by atoms with van der Waals surface area (Å²) < 4.78 is 13.4. The first-order valence-corrected chi connectivity index (χ1v) is 6.71. The maximum Gasteiger partial charge on any atom is 0.126 e. The van der Waals surface area contributed by atoms with Gasteiger partial charge in [0.25, 0.3) is 0 Å². The summed E-state index contributed by atoms with van der Waals surface area (Å²) in [4.78, 5) is 0. The maximum absolute atomic E-state index is 13.4. The van der Waals surface area contributed by atoms with Gasteiger partial charge in [0.2, 0.25) is 0 Å². The quantitative estimate of drug-likeness (QED) is 0.829. The molecule has 2 aromatic rings. The van der Waals surface area contributed by atoms with Gasteiger partial charge in [0.15, 0.2) is 0 Å². The monoisotopic (exact) mass is 255 g/mol. The van der Waals surface area contributed by atoms with Crippen LogP contribution in [0.5, 0.6) is 0 Å². The Morgan fingerprint density at radius 1 is 1.11 bits per heavy atom. The highest BCUT2D eigenvalue weighted by atomic mass is 19.1. The molecule has 0 amide bonds. The fraction of sp³-hybridized carbons (Fsp3) is 0.294. The Hall–Kier alpha value is -1.67. The van der Waals surface area contributed by atoms with Crippen molar-refractivity contribution in [3.05, 3.63) is 70.5 Å². The molecule has 1 aliphatic rings. The highest BCUT2D eigenvalue weighted by molar-refractivity contribution is 5.38. The maximum atomic E-state index is 13.4. The number of hydrogen-bond acceptors (Lipinski definition) is 1. The van der Waals surface area contributed by atoms with Crippen molar-refractivity contribution in [2.24, 2.45) is 5.73 Å². The van der Waals surface area contributed by atoms with E-state index >= 15 is 0 Å². The zero-order valence-electron chi connectivity index (χ0n) is 11.1. The van der Waals surface area contributed by atoms with Crippen molar-refractivity contribution in [3.63, 3.8) is 0 Å². The van der Waals surface area contributed by atoms with Crippen LogP contribution in [0, 0.1) is 12.7 Å². The molecule has 1 atom stereocenters. The lowest BCUT2D eigenvalue weighted by Crippen LogP contribution is -2.42. The molecule has 2 heteroatoms. The molecule has 3 rings (SSSR count). The third-order valence-electron chi connectivity index (χ3n) is 4.20. The predicted octanol–water partition coefficient (Wildman–Crippen LogP) is 3.48. The van der Waals surface area contributed by atoms with E-state index < -0.39 is 0 Å². The number of hydrogen-bond donors (Lipinski definition) is 1. The minimum absolute atomic E-state index is 0.163. The number of fused-ring (bicyclic) bond motifs is 1. The Labute approximate surface area is 113 Å². The van der Waals surface area contributed by atoms with Crippen LogP contribution in [0.4, 0.5) is 4.39 Å². The lowest BCUT2D eigenvalue weighted by atomic mass is 9.74. The molecule has 2 N–H and O–H groups in total. The molecule has 0 saturated carbocycles. The predicted molar refractivity (Wildman–Crippen MR) is 75.5 cm³/mol. The standard InChI is InChI=1S/C17H18FN/c1-12-10-15(6-7-16(12)18)17(19)9-8-13-4-2-3-5-14(13)11-17/h2-7,10H,8-9,11,19H2,1H3. The summed E-state index contributed by atoms with van der Waals surface area (Å²) in [5.41, 5.74) is 10.6. The SMILES string of the molecule is Cc1cc(C2(N)CCc3ccccc3C2)ccc1F. The molecule has 98 valence electrons. The van der Waals surface area contributed by atoms with Crippen molar-refractivity contribution >= 4 is 0 Å². The fourth-order valence-electron chi connectivity index (χ4n) is 2.96. The van der Waals surface area contributed by atoms with Gasteiger partial charge in [-0.05, 0) is 54.5 Å². The third kappa shape index (κ3) is 2.17. The molecule has 0 aromatic heterocycles. The van der Waals surface area contributed by atoms with Crippen molar-refractivity contribution in [2.75, 3.05) is 0 Å². The van der Waals surface area contributed by atoms with Gasteiger partial charge in [0, 0.05) is 5.54 Å². The van der Waals surface area contributed by atoms with Crippen LogP contribution in [-0.2, 0) is 18.4 Å². The molecule has 0 saturated heterocycles. The highest BCUT2D eigenvalue weighted by Crippen LogP contribution is 2.34. The molecule has 0 spiro atoms. The van der Waals surface area contributed by atoms with Gasteiger partial charge < -0.3 is 5.73 Å². The Morgan fingerprint density at radius 3 is 2.58 bits per heavy atom. The van der Waals surface area contributed by atoms with Crippen LogP contribution in [0.25, 0.3) is 0 Å². The molecule has 0 fully saturated rings. The molecular weight excluding hydrogens is 237 g/mol. The summed E-state index contributed by atoms with van der Waals surface area (Å²) in [7, 11) is 0. The first-order valence-electron chi connectivity index (χ1n) is 6.71. The Balaban J connectivity index is 1.99. The van der Waals surface area contributed by atoms with Crippen molar-refractivity contribution < 1.29 is 4.39 Å². The minimum atomic E-state index is -0.368. The Morgan fingerprint density at radius 2 is 1.84 bits per heavy atom. The summed E-state index contributed by atoms with van der Waals surface area (Å²) in [6.07, 6.45) is 2.73. The van der Waals surface area contributed by atoms with E-state index in [0.29, 0.717) is 5.56 Å². The number of nitrogens with two attached hydrogens (primary N) is 1. The van der Waals surface area contributed by atoms with Crippen LogP contribution < -0.4 is 5.73 Å². The van der Waals surface area contributed by atoms with Crippen molar-refractivity contribution in [1.82, 2.24) is 0 Å². The number of benzene rings is 2. The summed E-state index contributed by atoms with van der Waals surface area (Å²) in [5.74, 6) is -0.163. The number of rotatable bonds is 1. The Bertz CT molecular complexity index is 620. The van der Waals surface area contributed by atoms with Crippen LogP contribution in [-0.4, -0.2) is 0 Å². The summed E-state index contributed by atoms with van der Waals surface area (Å²) >= 11 is 0. The second kappa shape index (κ2) is 4.46. The average Bonchev–Trinajstić information content (AvgIpc) is 2.41. The molecule has 1 aliphatic carbocycles. The van der Waals surface area contributed by atoms with Crippen LogP contribution in [0.15, 0.2) is 42.5 Å². The van der Waals surface area contributed by atoms with Gasteiger partial charge in [0.05, 0.1) is 0 Å². The topological polar surface area (TPSA) is 26.0 Å². The lowest BCUT2D eigenvalue weighted by molar-refractivity contribution is 0.384. The van der Waals surface area contributed by atoms with E-state index in [1.807, 2.05) is 12.1 Å². The molecule has 1 unspecified atom stereocenters. The Kier molecular flexibility index (Phi) is 2.90. The zero-order valence-corrected chi connectivity index (χ0v) is 11.1. The van der Waals surface area contributed by atoms with Gasteiger partial charge in [-0.2, -0.15) is 0 Å². The molecule has 1 nitrogen and oxygen atoms in total. The fourth-order valence-corrected chi connectivity index (χ4v) is 2.96. The second-order valence-corrected chi connectivity index (χ2v) is 5.57. The normalized spacial score (nSPS) is 22.1. The van der Waals surface area contributed by atoms with E-state index in [0.717, 1.165) is 24.8 Å².